The van der Waals surface area contributed by atoms with Crippen molar-refractivity contribution in [3.8, 4) is 0 Å². The third-order valence-electron chi connectivity index (χ3n) is 2.52. The minimum atomic E-state index is -0.646. The highest BCUT2D eigenvalue weighted by atomic mass is 16.6. The summed E-state index contributed by atoms with van der Waals surface area (Å²) in [6.45, 7) is 6.46. The van der Waals surface area contributed by atoms with Crippen LogP contribution in [0, 0.1) is 6.92 Å². The van der Waals surface area contributed by atoms with E-state index in [1.165, 1.54) is 4.52 Å². The molecule has 0 saturated heterocycles. The van der Waals surface area contributed by atoms with Gasteiger partial charge < -0.3 is 9.47 Å². The van der Waals surface area contributed by atoms with Gasteiger partial charge in [-0.1, -0.05) is 0 Å². The maximum Gasteiger partial charge on any atom is 0.344 e. The lowest BCUT2D eigenvalue weighted by Gasteiger charge is -2.19. The van der Waals surface area contributed by atoms with Crippen LogP contribution >= 0.6 is 0 Å². The molecule has 2 aromatic rings. The van der Waals surface area contributed by atoms with E-state index < -0.39 is 24.1 Å². The molecular formula is C14H17N3O4. The number of aryl methyl sites for hydroxylation is 1. The van der Waals surface area contributed by atoms with Crippen molar-refractivity contribution in [3.05, 3.63) is 29.7 Å². The quantitative estimate of drug-likeness (QED) is 0.798. The average Bonchev–Trinajstić information content (AvgIpc) is 2.70. The average molecular weight is 291 g/mol. The maximum atomic E-state index is 12.1. The number of fused-ring (bicyclic) bond motifs is 1. The molecule has 0 amide bonds. The van der Waals surface area contributed by atoms with Crippen molar-refractivity contribution >= 4 is 17.6 Å². The molecule has 21 heavy (non-hydrogen) atoms. The van der Waals surface area contributed by atoms with Gasteiger partial charge in [0.1, 0.15) is 11.2 Å². The molecule has 2 aromatic heterocycles. The second kappa shape index (κ2) is 5.51. The molecule has 0 N–H and O–H groups in total. The first-order chi connectivity index (χ1) is 9.78. The van der Waals surface area contributed by atoms with Crippen molar-refractivity contribution in [2.45, 2.75) is 33.3 Å². The number of ether oxygens (including phenoxy) is 2. The molecule has 7 nitrogen and oxygen atoms in total. The molecule has 0 spiro atoms. The van der Waals surface area contributed by atoms with E-state index in [9.17, 15) is 9.59 Å². The highest BCUT2D eigenvalue weighted by molar-refractivity contribution is 5.97. The van der Waals surface area contributed by atoms with Gasteiger partial charge in [0.15, 0.2) is 12.3 Å². The van der Waals surface area contributed by atoms with Crippen molar-refractivity contribution < 1.29 is 19.1 Å². The Kier molecular flexibility index (Phi) is 3.93. The predicted octanol–water partition coefficient (Wildman–Crippen LogP) is 1.54. The summed E-state index contributed by atoms with van der Waals surface area (Å²) in [5, 5.41) is 4.16. The van der Waals surface area contributed by atoms with Crippen LogP contribution < -0.4 is 0 Å². The maximum absolute atomic E-state index is 12.1. The number of carbonyl (C=O) groups is 2. The van der Waals surface area contributed by atoms with Crippen LogP contribution in [-0.2, 0) is 14.3 Å². The fourth-order valence-electron chi connectivity index (χ4n) is 1.80. The van der Waals surface area contributed by atoms with Crippen LogP contribution in [0.2, 0.25) is 0 Å². The molecule has 2 heterocycles. The fourth-order valence-corrected chi connectivity index (χ4v) is 1.80. The number of hydrogen-bond donors (Lipinski definition) is 0. The second-order valence-corrected chi connectivity index (χ2v) is 5.51. The predicted molar refractivity (Wildman–Crippen MR) is 73.9 cm³/mol. The van der Waals surface area contributed by atoms with Gasteiger partial charge in [0.05, 0.1) is 5.69 Å². The molecule has 7 heteroatoms. The Bertz CT molecular complexity index is 685. The Labute approximate surface area is 121 Å². The third-order valence-corrected chi connectivity index (χ3v) is 2.52. The molecule has 112 valence electrons. The van der Waals surface area contributed by atoms with Crippen LogP contribution in [-0.4, -0.2) is 38.7 Å². The van der Waals surface area contributed by atoms with Crippen LogP contribution in [0.4, 0.5) is 0 Å². The summed E-state index contributed by atoms with van der Waals surface area (Å²) in [4.78, 5) is 27.7. The minimum absolute atomic E-state index is 0.249. The van der Waals surface area contributed by atoms with Crippen molar-refractivity contribution in [2.24, 2.45) is 0 Å². The number of esters is 2. The molecule has 0 aliphatic heterocycles. The molecule has 0 aromatic carbocycles. The molecule has 2 rings (SSSR count). The minimum Gasteiger partial charge on any atom is -0.457 e. The lowest BCUT2D eigenvalue weighted by atomic mass is 10.2. The lowest BCUT2D eigenvalue weighted by Crippen LogP contribution is -2.27. The van der Waals surface area contributed by atoms with Crippen molar-refractivity contribution in [2.75, 3.05) is 6.61 Å². The first-order valence-electron chi connectivity index (χ1n) is 6.47. The van der Waals surface area contributed by atoms with E-state index >= 15 is 0 Å². The van der Waals surface area contributed by atoms with Crippen LogP contribution in [0.15, 0.2) is 18.5 Å². The molecular weight excluding hydrogens is 274 g/mol. The largest absolute Gasteiger partial charge is 0.457 e. The highest BCUT2D eigenvalue weighted by Gasteiger charge is 2.22. The van der Waals surface area contributed by atoms with Gasteiger partial charge in [-0.05, 0) is 33.8 Å². The molecule has 0 unspecified atom stereocenters. The van der Waals surface area contributed by atoms with E-state index in [0.717, 1.165) is 0 Å². The van der Waals surface area contributed by atoms with Crippen molar-refractivity contribution in [3.63, 3.8) is 0 Å². The van der Waals surface area contributed by atoms with Gasteiger partial charge in [-0.2, -0.15) is 5.10 Å². The van der Waals surface area contributed by atoms with Gasteiger partial charge in [0.2, 0.25) is 0 Å². The molecule has 0 atom stereocenters. The van der Waals surface area contributed by atoms with E-state index in [1.807, 2.05) is 0 Å². The van der Waals surface area contributed by atoms with Crippen molar-refractivity contribution in [1.82, 2.24) is 14.6 Å². The molecule has 0 saturated carbocycles. The van der Waals surface area contributed by atoms with Crippen LogP contribution in [0.1, 0.15) is 36.8 Å². The second-order valence-electron chi connectivity index (χ2n) is 5.51. The topological polar surface area (TPSA) is 82.8 Å². The number of rotatable bonds is 3. The Hall–Kier alpha value is -2.44. The zero-order valence-electron chi connectivity index (χ0n) is 12.4. The first kappa shape index (κ1) is 15.0. The summed E-state index contributed by atoms with van der Waals surface area (Å²) < 4.78 is 11.5. The number of carbonyl (C=O) groups excluding carboxylic acids is 2. The van der Waals surface area contributed by atoms with Gasteiger partial charge in [-0.25, -0.2) is 19.1 Å². The Morgan fingerprint density at radius 2 is 2.05 bits per heavy atom. The van der Waals surface area contributed by atoms with E-state index in [1.54, 1.807) is 46.2 Å². The van der Waals surface area contributed by atoms with E-state index in [0.29, 0.717) is 11.3 Å². The number of nitrogens with zero attached hydrogens (tertiary/aromatic N) is 3. The number of aromatic nitrogens is 3. The summed E-state index contributed by atoms with van der Waals surface area (Å²) in [5.74, 6) is -1.25. The molecule has 0 fully saturated rings. The normalized spacial score (nSPS) is 11.4. The monoisotopic (exact) mass is 291 g/mol. The number of hydrogen-bond acceptors (Lipinski definition) is 6. The van der Waals surface area contributed by atoms with Crippen LogP contribution in [0.3, 0.4) is 0 Å². The first-order valence-corrected chi connectivity index (χ1v) is 6.47. The summed E-state index contributed by atoms with van der Waals surface area (Å²) in [7, 11) is 0. The Balaban J connectivity index is 2.09. The smallest absolute Gasteiger partial charge is 0.344 e. The van der Waals surface area contributed by atoms with E-state index in [4.69, 9.17) is 9.47 Å². The van der Waals surface area contributed by atoms with Crippen molar-refractivity contribution in [1.29, 1.82) is 0 Å². The summed E-state index contributed by atoms with van der Waals surface area (Å²) in [6.07, 6.45) is 3.24. The van der Waals surface area contributed by atoms with Gasteiger partial charge in [0.25, 0.3) is 0 Å². The lowest BCUT2D eigenvalue weighted by molar-refractivity contribution is -0.158. The highest BCUT2D eigenvalue weighted by Crippen LogP contribution is 2.14. The van der Waals surface area contributed by atoms with Crippen LogP contribution in [0.25, 0.3) is 5.65 Å². The fraction of sp³-hybridized carbons (Fsp3) is 0.429. The zero-order valence-corrected chi connectivity index (χ0v) is 12.4. The SMILES string of the molecule is Cc1nn2cccnc2c1C(=O)OCC(=O)OC(C)(C)C. The van der Waals surface area contributed by atoms with Gasteiger partial charge >= 0.3 is 11.9 Å². The van der Waals surface area contributed by atoms with Crippen LogP contribution in [0.5, 0.6) is 0 Å². The Morgan fingerprint density at radius 1 is 1.33 bits per heavy atom. The molecule has 0 aliphatic carbocycles. The van der Waals surface area contributed by atoms with E-state index in [2.05, 4.69) is 10.1 Å². The van der Waals surface area contributed by atoms with Gasteiger partial charge in [-0.3, -0.25) is 0 Å². The van der Waals surface area contributed by atoms with E-state index in [-0.39, 0.29) is 5.56 Å². The summed E-state index contributed by atoms with van der Waals surface area (Å²) in [6, 6.07) is 1.70. The summed E-state index contributed by atoms with van der Waals surface area (Å²) in [5.41, 5.74) is 0.511. The van der Waals surface area contributed by atoms with Gasteiger partial charge in [0, 0.05) is 12.4 Å². The zero-order chi connectivity index (χ0) is 15.6. The molecule has 0 radical (unpaired) electrons. The van der Waals surface area contributed by atoms with Gasteiger partial charge in [-0.15, -0.1) is 0 Å². The standard InChI is InChI=1S/C14H17N3O4/c1-9-11(12-15-6-5-7-17(12)16-9)13(19)20-8-10(18)21-14(2,3)4/h5-7H,8H2,1-4H3. The Morgan fingerprint density at radius 3 is 2.71 bits per heavy atom. The summed E-state index contributed by atoms with van der Waals surface area (Å²) >= 11 is 0. The third kappa shape index (κ3) is 3.56. The molecule has 0 bridgehead atoms. The molecule has 0 aliphatic rings.